The molecule has 0 amide bonds. The Balaban J connectivity index is 3.35. The van der Waals surface area contributed by atoms with Gasteiger partial charge in [0, 0.05) is 6.26 Å². The molecule has 0 bridgehead atoms. The average molecular weight is 352 g/mol. The van der Waals surface area contributed by atoms with Crippen molar-refractivity contribution in [2.24, 2.45) is 0 Å². The summed E-state index contributed by atoms with van der Waals surface area (Å²) in [4.78, 5) is -0.685. The Bertz CT molecular complexity index is 379. The number of sulfone groups is 1. The van der Waals surface area contributed by atoms with Gasteiger partial charge in [-0.1, -0.05) is 75.7 Å². The van der Waals surface area contributed by atoms with E-state index in [0.717, 1.165) is 12.8 Å². The minimum atomic E-state index is -3.15. The molecule has 0 aromatic heterocycles. The predicted octanol–water partition coefficient (Wildman–Crippen LogP) is 5.91. The summed E-state index contributed by atoms with van der Waals surface area (Å²) in [5.74, 6) is 0. The highest BCUT2D eigenvalue weighted by molar-refractivity contribution is 7.96. The highest BCUT2D eigenvalue weighted by Crippen LogP contribution is 2.32. The van der Waals surface area contributed by atoms with Gasteiger partial charge >= 0.3 is 7.80 Å². The molecule has 0 aliphatic heterocycles. The van der Waals surface area contributed by atoms with Crippen LogP contribution < -0.4 is 0 Å². The first-order chi connectivity index (χ1) is 10.4. The van der Waals surface area contributed by atoms with Gasteiger partial charge in [0.1, 0.15) is 6.16 Å². The van der Waals surface area contributed by atoms with Crippen LogP contribution in [0.25, 0.3) is 0 Å². The Morgan fingerprint density at radius 1 is 0.773 bits per heavy atom. The van der Waals surface area contributed by atoms with E-state index in [0.29, 0.717) is 6.16 Å². The molecular formula is C17H36O3PS+. The third kappa shape index (κ3) is 12.6. The number of unbranched alkanes of at least 4 members (excludes halogenated alkanes) is 11. The maximum absolute atomic E-state index is 11.8. The Morgan fingerprint density at radius 3 is 1.50 bits per heavy atom. The standard InChI is InChI=1S/C17H36O3PS/c1-4-5-6-7-8-9-10-11-12-13-14-15-16-21(18)17(2)22(3,19)20/h17H,4-16H2,1-3H3/q+1. The molecule has 0 radical (unpaired) electrons. The highest BCUT2D eigenvalue weighted by Gasteiger charge is 2.33. The largest absolute Gasteiger partial charge is 0.357 e. The number of rotatable bonds is 15. The minimum Gasteiger partial charge on any atom is -0.224 e. The number of hydrogen-bond acceptors (Lipinski definition) is 3. The van der Waals surface area contributed by atoms with Gasteiger partial charge in [-0.15, -0.1) is 0 Å². The van der Waals surface area contributed by atoms with Crippen LogP contribution in [0.4, 0.5) is 0 Å². The summed E-state index contributed by atoms with van der Waals surface area (Å²) in [6, 6.07) is 0. The van der Waals surface area contributed by atoms with E-state index in [2.05, 4.69) is 6.92 Å². The zero-order chi connectivity index (χ0) is 16.8. The summed E-state index contributed by atoms with van der Waals surface area (Å²) in [5, 5.41) is 0. The van der Waals surface area contributed by atoms with Crippen molar-refractivity contribution in [1.82, 2.24) is 0 Å². The lowest BCUT2D eigenvalue weighted by Gasteiger charge is -2.02. The summed E-state index contributed by atoms with van der Waals surface area (Å²) in [5.41, 5.74) is 0. The monoisotopic (exact) mass is 351 g/mol. The molecule has 0 saturated heterocycles. The molecule has 0 rings (SSSR count). The van der Waals surface area contributed by atoms with Crippen molar-refractivity contribution in [3.63, 3.8) is 0 Å². The minimum absolute atomic E-state index is 0.557. The fourth-order valence-electron chi connectivity index (χ4n) is 2.50. The fraction of sp³-hybridized carbons (Fsp3) is 1.00. The normalized spacial score (nSPS) is 14.0. The molecule has 22 heavy (non-hydrogen) atoms. The van der Waals surface area contributed by atoms with E-state index in [1.54, 1.807) is 6.92 Å². The Morgan fingerprint density at radius 2 is 1.14 bits per heavy atom. The molecule has 2 unspecified atom stereocenters. The summed E-state index contributed by atoms with van der Waals surface area (Å²) in [7, 11) is -4.76. The van der Waals surface area contributed by atoms with E-state index in [4.69, 9.17) is 0 Å². The molecule has 0 aromatic rings. The van der Waals surface area contributed by atoms with Crippen molar-refractivity contribution in [1.29, 1.82) is 0 Å². The van der Waals surface area contributed by atoms with Gasteiger partial charge in [-0.2, -0.15) is 0 Å². The predicted molar refractivity (Wildman–Crippen MR) is 97.9 cm³/mol. The van der Waals surface area contributed by atoms with E-state index < -0.39 is 22.6 Å². The van der Waals surface area contributed by atoms with Crippen LogP contribution >= 0.6 is 7.80 Å². The van der Waals surface area contributed by atoms with Crippen LogP contribution in [-0.4, -0.2) is 25.8 Å². The second-order valence-electron chi connectivity index (χ2n) is 6.46. The molecule has 0 fully saturated rings. The van der Waals surface area contributed by atoms with Crippen LogP contribution in [0.1, 0.15) is 90.9 Å². The lowest BCUT2D eigenvalue weighted by molar-refractivity contribution is 0.546. The second-order valence-corrected chi connectivity index (χ2v) is 11.2. The van der Waals surface area contributed by atoms with Gasteiger partial charge in [-0.25, -0.2) is 8.42 Å². The number of hydrogen-bond donors (Lipinski definition) is 0. The molecule has 5 heteroatoms. The molecule has 0 aliphatic carbocycles. The van der Waals surface area contributed by atoms with Crippen LogP contribution in [0.5, 0.6) is 0 Å². The third-order valence-corrected chi connectivity index (χ3v) is 8.92. The van der Waals surface area contributed by atoms with Crippen molar-refractivity contribution < 1.29 is 13.0 Å². The van der Waals surface area contributed by atoms with Crippen LogP contribution in [-0.2, 0) is 14.4 Å². The maximum atomic E-state index is 11.8. The van der Waals surface area contributed by atoms with Crippen LogP contribution in [0, 0.1) is 0 Å². The highest BCUT2D eigenvalue weighted by atomic mass is 32.2. The Labute approximate surface area is 139 Å². The van der Waals surface area contributed by atoms with E-state index in [1.165, 1.54) is 70.5 Å². The first kappa shape index (κ1) is 22.1. The van der Waals surface area contributed by atoms with Crippen LogP contribution in [0.15, 0.2) is 0 Å². The van der Waals surface area contributed by atoms with Gasteiger partial charge in [0.25, 0.3) is 4.99 Å². The molecule has 0 aromatic carbocycles. The molecule has 132 valence electrons. The molecule has 0 spiro atoms. The second kappa shape index (κ2) is 13.5. The molecule has 0 aliphatic rings. The van der Waals surface area contributed by atoms with Crippen molar-refractivity contribution >= 4 is 17.6 Å². The molecule has 3 nitrogen and oxygen atoms in total. The van der Waals surface area contributed by atoms with Gasteiger partial charge in [-0.05, 0) is 19.8 Å². The zero-order valence-corrected chi connectivity index (χ0v) is 16.6. The first-order valence-corrected chi connectivity index (χ1v) is 12.5. The van der Waals surface area contributed by atoms with Crippen molar-refractivity contribution in [3.8, 4) is 0 Å². The van der Waals surface area contributed by atoms with E-state index in [-0.39, 0.29) is 0 Å². The van der Waals surface area contributed by atoms with E-state index in [9.17, 15) is 13.0 Å². The fourth-order valence-corrected chi connectivity index (χ4v) is 5.43. The van der Waals surface area contributed by atoms with E-state index >= 15 is 0 Å². The molecular weight excluding hydrogens is 315 g/mol. The smallest absolute Gasteiger partial charge is 0.224 e. The summed E-state index contributed by atoms with van der Waals surface area (Å²) in [6.07, 6.45) is 17.0. The topological polar surface area (TPSA) is 51.2 Å². The summed E-state index contributed by atoms with van der Waals surface area (Å²) in [6.45, 7) is 3.81. The van der Waals surface area contributed by atoms with Crippen LogP contribution in [0.3, 0.4) is 0 Å². The van der Waals surface area contributed by atoms with Crippen LogP contribution in [0.2, 0.25) is 0 Å². The molecule has 0 N–H and O–H groups in total. The average Bonchev–Trinajstić information content (AvgIpc) is 2.46. The van der Waals surface area contributed by atoms with Gasteiger partial charge in [0.15, 0.2) is 9.84 Å². The Hall–Kier alpha value is 0.0500. The van der Waals surface area contributed by atoms with Gasteiger partial charge in [0.05, 0.1) is 0 Å². The lowest BCUT2D eigenvalue weighted by atomic mass is 10.1. The molecule has 2 atom stereocenters. The Kier molecular flexibility index (Phi) is 13.5. The lowest BCUT2D eigenvalue weighted by Crippen LogP contribution is -2.12. The van der Waals surface area contributed by atoms with Crippen molar-refractivity contribution in [2.45, 2.75) is 95.9 Å². The third-order valence-electron chi connectivity index (χ3n) is 4.26. The quantitative estimate of drug-likeness (QED) is 0.272. The summed E-state index contributed by atoms with van der Waals surface area (Å²) >= 11 is 0. The maximum Gasteiger partial charge on any atom is 0.357 e. The molecule has 0 heterocycles. The van der Waals surface area contributed by atoms with Crippen molar-refractivity contribution in [3.05, 3.63) is 0 Å². The zero-order valence-electron chi connectivity index (χ0n) is 14.8. The SMILES string of the molecule is CCCCCCCCCCCCCC[P+](=O)C(C)S(C)(=O)=O. The van der Waals surface area contributed by atoms with Gasteiger partial charge < -0.3 is 0 Å². The first-order valence-electron chi connectivity index (χ1n) is 9.02. The molecule has 0 saturated carbocycles. The van der Waals surface area contributed by atoms with Crippen molar-refractivity contribution in [2.75, 3.05) is 12.4 Å². The van der Waals surface area contributed by atoms with Gasteiger partial charge in [0.2, 0.25) is 0 Å². The van der Waals surface area contributed by atoms with Gasteiger partial charge in [-0.3, -0.25) is 0 Å². The van der Waals surface area contributed by atoms with E-state index in [1.807, 2.05) is 0 Å². The summed E-state index contributed by atoms with van der Waals surface area (Å²) < 4.78 is 34.5.